The van der Waals surface area contributed by atoms with Crippen molar-refractivity contribution in [1.29, 1.82) is 0 Å². The first kappa shape index (κ1) is 19.8. The molecule has 1 fully saturated rings. The van der Waals surface area contributed by atoms with E-state index in [1.807, 2.05) is 12.2 Å². The lowest BCUT2D eigenvalue weighted by atomic mass is 9.84. The van der Waals surface area contributed by atoms with Gasteiger partial charge < -0.3 is 14.7 Å². The Morgan fingerprint density at radius 3 is 2.87 bits per heavy atom. The fraction of sp³-hybridized carbons (Fsp3) is 0.391. The van der Waals surface area contributed by atoms with Gasteiger partial charge in [-0.25, -0.2) is 0 Å². The van der Waals surface area contributed by atoms with E-state index in [0.717, 1.165) is 53.5 Å². The van der Waals surface area contributed by atoms with Crippen LogP contribution in [0.4, 0.5) is 5.13 Å². The molecular formula is C23H24ClN3O2S. The minimum absolute atomic E-state index is 0.0943. The first-order valence-electron chi connectivity index (χ1n) is 10.4. The number of hydrogen-bond acceptors (Lipinski definition) is 6. The molecule has 5 rings (SSSR count). The Balaban J connectivity index is 1.37. The van der Waals surface area contributed by atoms with E-state index in [0.29, 0.717) is 6.61 Å². The molecule has 0 bridgehead atoms. The summed E-state index contributed by atoms with van der Waals surface area (Å²) < 4.78 is 6.28. The molecule has 30 heavy (non-hydrogen) atoms. The Morgan fingerprint density at radius 1 is 1.33 bits per heavy atom. The molecule has 0 radical (unpaired) electrons. The first-order chi connectivity index (χ1) is 14.6. The van der Waals surface area contributed by atoms with Gasteiger partial charge in [0.1, 0.15) is 5.50 Å². The molecule has 0 saturated carbocycles. The molecule has 1 saturated heterocycles. The summed E-state index contributed by atoms with van der Waals surface area (Å²) in [5.41, 5.74) is 4.18. The number of allylic oxidation sites excluding steroid dienone is 3. The van der Waals surface area contributed by atoms with Gasteiger partial charge >= 0.3 is 0 Å². The van der Waals surface area contributed by atoms with E-state index < -0.39 is 0 Å². The lowest BCUT2D eigenvalue weighted by Gasteiger charge is -2.39. The van der Waals surface area contributed by atoms with Crippen molar-refractivity contribution < 1.29 is 9.84 Å². The SMILES string of the molecule is CCC(=C1C=CC(Cl)N=C1)c1sc(N2CCC3(CC2)OCc2ccccc23)nc1O. The van der Waals surface area contributed by atoms with Crippen LogP contribution in [0.15, 0.2) is 47.0 Å². The van der Waals surface area contributed by atoms with E-state index in [2.05, 4.69) is 46.1 Å². The van der Waals surface area contributed by atoms with Gasteiger partial charge in [-0.2, -0.15) is 4.98 Å². The zero-order chi connectivity index (χ0) is 20.7. The minimum atomic E-state index is -0.318. The van der Waals surface area contributed by atoms with Crippen LogP contribution in [0.2, 0.25) is 0 Å². The van der Waals surface area contributed by atoms with Crippen molar-refractivity contribution in [2.24, 2.45) is 4.99 Å². The van der Waals surface area contributed by atoms with Crippen LogP contribution in [-0.4, -0.2) is 34.9 Å². The minimum Gasteiger partial charge on any atom is -0.492 e. The third-order valence-electron chi connectivity index (χ3n) is 6.22. The van der Waals surface area contributed by atoms with Crippen LogP contribution in [-0.2, 0) is 16.9 Å². The zero-order valence-electron chi connectivity index (χ0n) is 16.8. The molecule has 7 heteroatoms. The highest BCUT2D eigenvalue weighted by Crippen LogP contribution is 2.46. The zero-order valence-corrected chi connectivity index (χ0v) is 18.4. The summed E-state index contributed by atoms with van der Waals surface area (Å²) in [5, 5.41) is 11.5. The smallest absolute Gasteiger partial charge is 0.231 e. The molecule has 0 aliphatic carbocycles. The second kappa shape index (κ2) is 7.84. The fourth-order valence-corrected chi connectivity index (χ4v) is 5.87. The van der Waals surface area contributed by atoms with E-state index >= 15 is 0 Å². The molecule has 3 aliphatic rings. The molecule has 3 aliphatic heterocycles. The molecule has 1 N–H and O–H groups in total. The monoisotopic (exact) mass is 441 g/mol. The molecular weight excluding hydrogens is 418 g/mol. The van der Waals surface area contributed by atoms with Crippen molar-refractivity contribution in [3.05, 3.63) is 58.0 Å². The number of ether oxygens (including phenoxy) is 1. The number of anilines is 1. The van der Waals surface area contributed by atoms with Crippen LogP contribution in [0, 0.1) is 0 Å². The van der Waals surface area contributed by atoms with Gasteiger partial charge in [-0.15, -0.1) is 0 Å². The van der Waals surface area contributed by atoms with Crippen LogP contribution in [0.3, 0.4) is 0 Å². The van der Waals surface area contributed by atoms with E-state index in [-0.39, 0.29) is 17.0 Å². The number of piperidine rings is 1. The van der Waals surface area contributed by atoms with Gasteiger partial charge in [-0.1, -0.05) is 60.2 Å². The Kier molecular flexibility index (Phi) is 5.17. The summed E-state index contributed by atoms with van der Waals surface area (Å²) in [6, 6.07) is 8.55. The summed E-state index contributed by atoms with van der Waals surface area (Å²) in [6.07, 6.45) is 8.25. The van der Waals surface area contributed by atoms with Gasteiger partial charge in [0, 0.05) is 19.3 Å². The van der Waals surface area contributed by atoms with Crippen molar-refractivity contribution in [2.45, 2.75) is 43.9 Å². The Morgan fingerprint density at radius 2 is 2.13 bits per heavy atom. The second-order valence-electron chi connectivity index (χ2n) is 7.87. The maximum atomic E-state index is 10.6. The number of dihydropyridines is 1. The average molecular weight is 442 g/mol. The number of alkyl halides is 1. The Hall–Kier alpha value is -2.15. The topological polar surface area (TPSA) is 58.0 Å². The van der Waals surface area contributed by atoms with E-state index in [1.165, 1.54) is 11.1 Å². The standard InChI is InChI=1S/C23H24ClN3O2S/c1-2-17(15-7-8-19(24)25-13-15)20-21(28)26-22(30-20)27-11-9-23(10-12-27)18-6-4-3-5-16(18)14-29-23/h3-8,13,19,28H,2,9-12,14H2,1H3. The van der Waals surface area contributed by atoms with Crippen molar-refractivity contribution in [2.75, 3.05) is 18.0 Å². The molecule has 4 heterocycles. The van der Waals surface area contributed by atoms with Gasteiger partial charge in [-0.3, -0.25) is 4.99 Å². The van der Waals surface area contributed by atoms with Crippen LogP contribution in [0.5, 0.6) is 5.88 Å². The quantitative estimate of drug-likeness (QED) is 0.522. The normalized spacial score (nSPS) is 23.8. The van der Waals surface area contributed by atoms with E-state index in [9.17, 15) is 5.11 Å². The first-order valence-corrected chi connectivity index (χ1v) is 11.6. The van der Waals surface area contributed by atoms with Crippen molar-refractivity contribution in [3.63, 3.8) is 0 Å². The van der Waals surface area contributed by atoms with E-state index in [1.54, 1.807) is 17.6 Å². The molecule has 5 nitrogen and oxygen atoms in total. The Labute approximate surface area is 185 Å². The number of aromatic hydroxyl groups is 1. The summed E-state index contributed by atoms with van der Waals surface area (Å²) >= 11 is 7.56. The highest BCUT2D eigenvalue weighted by molar-refractivity contribution is 7.17. The summed E-state index contributed by atoms with van der Waals surface area (Å²) in [7, 11) is 0. The number of thiazole rings is 1. The number of halogens is 1. The lowest BCUT2D eigenvalue weighted by molar-refractivity contribution is -0.0551. The molecule has 156 valence electrons. The highest BCUT2D eigenvalue weighted by Gasteiger charge is 2.42. The summed E-state index contributed by atoms with van der Waals surface area (Å²) in [4.78, 5) is 11.8. The summed E-state index contributed by atoms with van der Waals surface area (Å²) in [5.74, 6) is 0.0943. The number of nitrogens with zero attached hydrogens (tertiary/aromatic N) is 3. The van der Waals surface area contributed by atoms with Gasteiger partial charge in [0.25, 0.3) is 0 Å². The molecule has 1 atom stereocenters. The van der Waals surface area contributed by atoms with Gasteiger partial charge in [0.15, 0.2) is 5.13 Å². The number of benzene rings is 1. The van der Waals surface area contributed by atoms with Crippen molar-refractivity contribution in [1.82, 2.24) is 4.98 Å². The number of rotatable bonds is 3. The maximum absolute atomic E-state index is 10.6. The third kappa shape index (κ3) is 3.37. The van der Waals surface area contributed by atoms with Crippen LogP contribution < -0.4 is 4.90 Å². The van der Waals surface area contributed by atoms with Gasteiger partial charge in [-0.05, 0) is 47.6 Å². The van der Waals surface area contributed by atoms with Crippen molar-refractivity contribution >= 4 is 39.9 Å². The molecule has 1 aromatic heterocycles. The predicted octanol–water partition coefficient (Wildman–Crippen LogP) is 5.24. The van der Waals surface area contributed by atoms with E-state index in [4.69, 9.17) is 16.3 Å². The number of hydrogen-bond donors (Lipinski definition) is 1. The molecule has 1 spiro atoms. The average Bonchev–Trinajstić information content (AvgIpc) is 3.32. The van der Waals surface area contributed by atoms with Crippen LogP contribution >= 0.6 is 22.9 Å². The fourth-order valence-electron chi connectivity index (χ4n) is 4.59. The molecule has 1 aromatic carbocycles. The number of fused-ring (bicyclic) bond motifs is 2. The molecule has 1 unspecified atom stereocenters. The maximum Gasteiger partial charge on any atom is 0.231 e. The Bertz CT molecular complexity index is 1030. The molecule has 2 aromatic rings. The second-order valence-corrected chi connectivity index (χ2v) is 9.30. The van der Waals surface area contributed by atoms with Crippen LogP contribution in [0.1, 0.15) is 42.2 Å². The number of aliphatic imine (C=N–C) groups is 1. The predicted molar refractivity (Wildman–Crippen MR) is 123 cm³/mol. The summed E-state index contributed by atoms with van der Waals surface area (Å²) in [6.45, 7) is 4.49. The lowest BCUT2D eigenvalue weighted by Crippen LogP contribution is -2.42. The molecule has 0 amide bonds. The third-order valence-corrected chi connectivity index (χ3v) is 7.64. The number of aromatic nitrogens is 1. The van der Waals surface area contributed by atoms with Crippen LogP contribution in [0.25, 0.3) is 5.57 Å². The highest BCUT2D eigenvalue weighted by atomic mass is 35.5. The largest absolute Gasteiger partial charge is 0.492 e. The van der Waals surface area contributed by atoms with Gasteiger partial charge in [0.2, 0.25) is 5.88 Å². The van der Waals surface area contributed by atoms with Gasteiger partial charge in [0.05, 0.1) is 17.1 Å². The van der Waals surface area contributed by atoms with Crippen molar-refractivity contribution in [3.8, 4) is 5.88 Å².